The number of anilines is 1. The maximum Gasteiger partial charge on any atom is 0.416 e. The Balaban J connectivity index is 1.62. The van der Waals surface area contributed by atoms with Gasteiger partial charge in [-0.3, -0.25) is 9.59 Å². The molecule has 0 saturated heterocycles. The van der Waals surface area contributed by atoms with Gasteiger partial charge in [-0.15, -0.1) is 0 Å². The summed E-state index contributed by atoms with van der Waals surface area (Å²) in [5, 5.41) is 5.05. The summed E-state index contributed by atoms with van der Waals surface area (Å²) in [6.45, 7) is 0.650. The Morgan fingerprint density at radius 1 is 0.917 bits per heavy atom. The van der Waals surface area contributed by atoms with E-state index in [0.717, 1.165) is 17.7 Å². The molecule has 3 aromatic carbocycles. The van der Waals surface area contributed by atoms with Crippen LogP contribution in [0.1, 0.15) is 34.5 Å². The maximum absolute atomic E-state index is 12.9. The number of halogens is 3. The molecule has 0 aliphatic carbocycles. The van der Waals surface area contributed by atoms with Crippen molar-refractivity contribution in [3.05, 3.63) is 95.6 Å². The summed E-state index contributed by atoms with van der Waals surface area (Å²) in [6, 6.07) is 18.7. The summed E-state index contributed by atoms with van der Waals surface area (Å²) in [5.74, 6) is -1.70. The van der Waals surface area contributed by atoms with E-state index in [-0.39, 0.29) is 29.5 Å². The summed E-state index contributed by atoms with van der Waals surface area (Å²) in [5.41, 5.74) is -0.159. The summed E-state index contributed by atoms with van der Waals surface area (Å²) in [4.78, 5) is 36.5. The lowest BCUT2D eigenvalue weighted by Crippen LogP contribution is -2.30. The van der Waals surface area contributed by atoms with Crippen LogP contribution in [0.3, 0.4) is 0 Å². The van der Waals surface area contributed by atoms with Gasteiger partial charge in [0.15, 0.2) is 6.61 Å². The van der Waals surface area contributed by atoms with Crippen molar-refractivity contribution in [1.82, 2.24) is 5.32 Å². The highest BCUT2D eigenvalue weighted by Gasteiger charge is 2.30. The molecule has 3 rings (SSSR count). The Kier molecular flexibility index (Phi) is 8.66. The number of benzene rings is 3. The van der Waals surface area contributed by atoms with Crippen molar-refractivity contribution in [2.45, 2.75) is 19.1 Å². The van der Waals surface area contributed by atoms with E-state index in [1.165, 1.54) is 31.2 Å². The van der Waals surface area contributed by atoms with Crippen LogP contribution < -0.4 is 15.4 Å². The average molecular weight is 500 g/mol. The summed E-state index contributed by atoms with van der Waals surface area (Å²) in [7, 11) is 0. The van der Waals surface area contributed by atoms with Gasteiger partial charge in [0.25, 0.3) is 5.91 Å². The fraction of sp³-hybridized carbons (Fsp3) is 0.192. The van der Waals surface area contributed by atoms with Crippen molar-refractivity contribution in [3.63, 3.8) is 0 Å². The number of esters is 1. The van der Waals surface area contributed by atoms with Crippen LogP contribution in [-0.4, -0.2) is 31.0 Å². The van der Waals surface area contributed by atoms with Crippen LogP contribution in [0.5, 0.6) is 5.75 Å². The Hall–Kier alpha value is -4.34. The minimum Gasteiger partial charge on any atom is -0.483 e. The molecule has 0 aliphatic rings. The molecule has 0 heterocycles. The van der Waals surface area contributed by atoms with Crippen LogP contribution in [0.25, 0.3) is 0 Å². The zero-order valence-corrected chi connectivity index (χ0v) is 19.2. The molecule has 1 atom stereocenters. The molecule has 0 radical (unpaired) electrons. The molecule has 188 valence electrons. The number of para-hydroxylation sites is 1. The second-order valence-corrected chi connectivity index (χ2v) is 7.67. The molecule has 36 heavy (non-hydrogen) atoms. The first kappa shape index (κ1) is 26.3. The fourth-order valence-corrected chi connectivity index (χ4v) is 3.26. The first-order valence-electron chi connectivity index (χ1n) is 10.8. The number of hydrogen-bond donors (Lipinski definition) is 2. The van der Waals surface area contributed by atoms with Gasteiger partial charge in [0.1, 0.15) is 17.9 Å². The van der Waals surface area contributed by atoms with Gasteiger partial charge in [0.05, 0.1) is 11.6 Å². The SMILES string of the molecule is CC(=O)NC(COC(=O)c1ccccc1OCC(=O)Nc1cccc(C(F)(F)F)c1)c1ccccc1. The van der Waals surface area contributed by atoms with Crippen LogP contribution in [0, 0.1) is 0 Å². The van der Waals surface area contributed by atoms with Gasteiger partial charge < -0.3 is 20.1 Å². The third kappa shape index (κ3) is 7.59. The van der Waals surface area contributed by atoms with E-state index >= 15 is 0 Å². The molecular formula is C26H23F3N2O5. The molecule has 3 aromatic rings. The van der Waals surface area contributed by atoms with Crippen LogP contribution in [0.2, 0.25) is 0 Å². The Bertz CT molecular complexity index is 1220. The van der Waals surface area contributed by atoms with Gasteiger partial charge in [-0.2, -0.15) is 13.2 Å². The highest BCUT2D eigenvalue weighted by Crippen LogP contribution is 2.30. The molecule has 0 fully saturated rings. The van der Waals surface area contributed by atoms with Crippen LogP contribution in [0.4, 0.5) is 18.9 Å². The lowest BCUT2D eigenvalue weighted by molar-refractivity contribution is -0.137. The van der Waals surface area contributed by atoms with Crippen molar-refractivity contribution in [2.24, 2.45) is 0 Å². The third-order valence-corrected chi connectivity index (χ3v) is 4.90. The number of alkyl halides is 3. The van der Waals surface area contributed by atoms with Gasteiger partial charge in [-0.05, 0) is 35.9 Å². The molecule has 10 heteroatoms. The van der Waals surface area contributed by atoms with Crippen molar-refractivity contribution >= 4 is 23.5 Å². The third-order valence-electron chi connectivity index (χ3n) is 4.90. The minimum absolute atomic E-state index is 0.0407. The van der Waals surface area contributed by atoms with E-state index in [4.69, 9.17) is 9.47 Å². The number of ether oxygens (including phenoxy) is 2. The molecule has 0 aromatic heterocycles. The number of nitrogens with one attached hydrogen (secondary N) is 2. The first-order valence-corrected chi connectivity index (χ1v) is 10.8. The van der Waals surface area contributed by atoms with Crippen molar-refractivity contribution in [3.8, 4) is 5.75 Å². The molecule has 0 aliphatic heterocycles. The molecule has 0 spiro atoms. The number of carbonyl (C=O) groups is 3. The monoisotopic (exact) mass is 500 g/mol. The van der Waals surface area contributed by atoms with E-state index in [9.17, 15) is 27.6 Å². The minimum atomic E-state index is -4.55. The highest BCUT2D eigenvalue weighted by molar-refractivity contribution is 5.94. The second kappa shape index (κ2) is 11.9. The maximum atomic E-state index is 12.9. The zero-order chi connectivity index (χ0) is 26.1. The van der Waals surface area contributed by atoms with E-state index in [2.05, 4.69) is 10.6 Å². The Labute approximate surface area is 205 Å². The standard InChI is InChI=1S/C26H23F3N2O5/c1-17(32)30-22(18-8-3-2-4-9-18)15-36-25(34)21-12-5-6-13-23(21)35-16-24(33)31-20-11-7-10-19(14-20)26(27,28)29/h2-14,22H,15-16H2,1H3,(H,30,32)(H,31,33). The predicted molar refractivity (Wildman–Crippen MR) is 125 cm³/mol. The quantitative estimate of drug-likeness (QED) is 0.414. The molecule has 2 amide bonds. The van der Waals surface area contributed by atoms with Gasteiger partial charge in [0, 0.05) is 12.6 Å². The van der Waals surface area contributed by atoms with Gasteiger partial charge in [0.2, 0.25) is 5.91 Å². The topological polar surface area (TPSA) is 93.7 Å². The smallest absolute Gasteiger partial charge is 0.416 e. The fourth-order valence-electron chi connectivity index (χ4n) is 3.26. The molecular weight excluding hydrogens is 477 g/mol. The van der Waals surface area contributed by atoms with Crippen molar-refractivity contribution in [1.29, 1.82) is 0 Å². The molecule has 1 unspecified atom stereocenters. The molecule has 7 nitrogen and oxygen atoms in total. The van der Waals surface area contributed by atoms with E-state index in [1.807, 2.05) is 6.07 Å². The summed E-state index contributed by atoms with van der Waals surface area (Å²) >= 11 is 0. The van der Waals surface area contributed by atoms with Gasteiger partial charge in [-0.1, -0.05) is 48.5 Å². The Morgan fingerprint density at radius 3 is 2.31 bits per heavy atom. The van der Waals surface area contributed by atoms with Crippen LogP contribution in [-0.2, 0) is 20.5 Å². The van der Waals surface area contributed by atoms with E-state index in [0.29, 0.717) is 0 Å². The molecule has 2 N–H and O–H groups in total. The number of rotatable bonds is 9. The van der Waals surface area contributed by atoms with Gasteiger partial charge in [-0.25, -0.2) is 4.79 Å². The number of carbonyl (C=O) groups excluding carboxylic acids is 3. The van der Waals surface area contributed by atoms with Crippen molar-refractivity contribution in [2.75, 3.05) is 18.5 Å². The first-order chi connectivity index (χ1) is 17.1. The molecule has 0 bridgehead atoms. The van der Waals surface area contributed by atoms with Crippen LogP contribution >= 0.6 is 0 Å². The van der Waals surface area contributed by atoms with E-state index < -0.39 is 36.3 Å². The van der Waals surface area contributed by atoms with Crippen LogP contribution in [0.15, 0.2) is 78.9 Å². The lowest BCUT2D eigenvalue weighted by Gasteiger charge is -2.19. The Morgan fingerprint density at radius 2 is 1.61 bits per heavy atom. The van der Waals surface area contributed by atoms with E-state index in [1.54, 1.807) is 36.4 Å². The zero-order valence-electron chi connectivity index (χ0n) is 19.2. The second-order valence-electron chi connectivity index (χ2n) is 7.67. The molecule has 0 saturated carbocycles. The average Bonchev–Trinajstić information content (AvgIpc) is 2.85. The lowest BCUT2D eigenvalue weighted by atomic mass is 10.1. The predicted octanol–water partition coefficient (Wildman–Crippen LogP) is 4.76. The summed E-state index contributed by atoms with van der Waals surface area (Å²) < 4.78 is 49.4. The normalized spacial score (nSPS) is 11.8. The number of amides is 2. The summed E-state index contributed by atoms with van der Waals surface area (Å²) in [6.07, 6.45) is -4.55. The van der Waals surface area contributed by atoms with Gasteiger partial charge >= 0.3 is 12.1 Å². The van der Waals surface area contributed by atoms with Crippen molar-refractivity contribution < 1.29 is 37.0 Å². The highest BCUT2D eigenvalue weighted by atomic mass is 19.4. The largest absolute Gasteiger partial charge is 0.483 e. The number of hydrogen-bond acceptors (Lipinski definition) is 5.